The number of nitrogens with zero attached hydrogens (tertiary/aromatic N) is 4. The molecule has 0 spiro atoms. The van der Waals surface area contributed by atoms with Crippen LogP contribution in [0.1, 0.15) is 81.1 Å². The van der Waals surface area contributed by atoms with Crippen LogP contribution in [0.5, 0.6) is 5.75 Å². The maximum Gasteiger partial charge on any atom is 0.265 e. The average molecular weight is 579 g/mol. The summed E-state index contributed by atoms with van der Waals surface area (Å²) in [6, 6.07) is 17.5. The number of amides is 1. The van der Waals surface area contributed by atoms with E-state index in [1.165, 1.54) is 0 Å². The summed E-state index contributed by atoms with van der Waals surface area (Å²) in [4.78, 5) is 30.8. The number of rotatable bonds is 9. The van der Waals surface area contributed by atoms with Crippen molar-refractivity contribution in [3.8, 4) is 28.4 Å². The Morgan fingerprint density at radius 1 is 0.930 bits per heavy atom. The summed E-state index contributed by atoms with van der Waals surface area (Å²) in [6.45, 7) is 12.2. The Kier molecular flexibility index (Phi) is 9.29. The van der Waals surface area contributed by atoms with Crippen molar-refractivity contribution >= 4 is 12.0 Å². The van der Waals surface area contributed by atoms with Crippen LogP contribution in [0.4, 0.5) is 0 Å². The molecule has 0 radical (unpaired) electrons. The van der Waals surface area contributed by atoms with Crippen LogP contribution in [0, 0.1) is 0 Å². The molecule has 224 valence electrons. The van der Waals surface area contributed by atoms with E-state index < -0.39 is 0 Å². The van der Waals surface area contributed by atoms with Gasteiger partial charge in [0.15, 0.2) is 0 Å². The number of piperidine rings is 1. The molecule has 1 saturated heterocycles. The molecule has 2 aromatic carbocycles. The van der Waals surface area contributed by atoms with Gasteiger partial charge in [-0.05, 0) is 106 Å². The summed E-state index contributed by atoms with van der Waals surface area (Å²) >= 11 is 0. The number of benzene rings is 2. The van der Waals surface area contributed by atoms with Gasteiger partial charge in [0, 0.05) is 19.3 Å². The number of hydrogen-bond donors (Lipinski definition) is 0. The molecule has 1 aliphatic rings. The van der Waals surface area contributed by atoms with Gasteiger partial charge < -0.3 is 9.64 Å². The molecule has 0 aliphatic carbocycles. The molecule has 7 heteroatoms. The van der Waals surface area contributed by atoms with Gasteiger partial charge in [0.2, 0.25) is 0 Å². The molecule has 1 amide bonds. The Hall–Kier alpha value is -4.39. The number of aryl methyl sites for hydroxylation is 2. The molecule has 0 atom stereocenters. The van der Waals surface area contributed by atoms with E-state index in [1.54, 1.807) is 15.3 Å². The molecule has 4 aromatic rings. The molecule has 0 N–H and O–H groups in total. The van der Waals surface area contributed by atoms with Gasteiger partial charge in [-0.1, -0.05) is 37.6 Å². The van der Waals surface area contributed by atoms with Crippen molar-refractivity contribution in [3.05, 3.63) is 99.1 Å². The fourth-order valence-electron chi connectivity index (χ4n) is 5.87. The van der Waals surface area contributed by atoms with Crippen molar-refractivity contribution in [1.82, 2.24) is 19.2 Å². The summed E-state index contributed by atoms with van der Waals surface area (Å²) in [5.41, 5.74) is 6.77. The zero-order valence-corrected chi connectivity index (χ0v) is 26.0. The van der Waals surface area contributed by atoms with Crippen LogP contribution in [0.3, 0.4) is 0 Å². The number of carbonyl (C=O) groups excluding carboxylic acids is 1. The quantitative estimate of drug-likeness (QED) is 0.210. The molecule has 43 heavy (non-hydrogen) atoms. The van der Waals surface area contributed by atoms with Gasteiger partial charge in [-0.25, -0.2) is 4.68 Å². The fraction of sp³-hybridized carbons (Fsp3) is 0.361. The first kappa shape index (κ1) is 30.1. The first-order valence-corrected chi connectivity index (χ1v) is 15.5. The van der Waals surface area contributed by atoms with E-state index >= 15 is 0 Å². The largest absolute Gasteiger partial charge is 0.494 e. The lowest BCUT2D eigenvalue weighted by Crippen LogP contribution is -2.37. The van der Waals surface area contributed by atoms with Gasteiger partial charge in [-0.15, -0.1) is 0 Å². The molecule has 3 heterocycles. The van der Waals surface area contributed by atoms with Crippen molar-refractivity contribution < 1.29 is 9.53 Å². The molecule has 7 nitrogen and oxygen atoms in total. The van der Waals surface area contributed by atoms with Crippen molar-refractivity contribution in [1.29, 1.82) is 0 Å². The third-order valence-electron chi connectivity index (χ3n) is 8.00. The molecule has 0 saturated carbocycles. The van der Waals surface area contributed by atoms with Gasteiger partial charge in [-0.2, -0.15) is 5.10 Å². The maximum atomic E-state index is 14.7. The Bertz CT molecular complexity index is 1660. The summed E-state index contributed by atoms with van der Waals surface area (Å²) in [5, 5.41) is 4.83. The molecular weight excluding hydrogens is 536 g/mol. The van der Waals surface area contributed by atoms with E-state index in [-0.39, 0.29) is 11.5 Å². The minimum Gasteiger partial charge on any atom is -0.494 e. The van der Waals surface area contributed by atoms with Crippen LogP contribution in [-0.4, -0.2) is 44.9 Å². The van der Waals surface area contributed by atoms with Crippen molar-refractivity contribution in [2.45, 2.75) is 66.7 Å². The number of likely N-dealkylation sites (tertiary alicyclic amines) is 1. The highest BCUT2D eigenvalue weighted by atomic mass is 16.5. The normalized spacial score (nSPS) is 13.2. The highest BCUT2D eigenvalue weighted by Gasteiger charge is 2.27. The lowest BCUT2D eigenvalue weighted by molar-refractivity contribution is 0.0723. The van der Waals surface area contributed by atoms with E-state index in [0.717, 1.165) is 79.0 Å². The van der Waals surface area contributed by atoms with Gasteiger partial charge in [0.05, 0.1) is 40.5 Å². The molecule has 0 bridgehead atoms. The topological polar surface area (TPSA) is 69.4 Å². The second-order valence-corrected chi connectivity index (χ2v) is 11.3. The van der Waals surface area contributed by atoms with Crippen molar-refractivity contribution in [3.63, 3.8) is 0 Å². The first-order chi connectivity index (χ1) is 20.9. The monoisotopic (exact) mass is 578 g/mol. The van der Waals surface area contributed by atoms with Crippen molar-refractivity contribution in [2.24, 2.45) is 0 Å². The fourth-order valence-corrected chi connectivity index (χ4v) is 5.87. The zero-order valence-electron chi connectivity index (χ0n) is 26.0. The molecular formula is C36H42N4O3. The molecule has 1 aliphatic heterocycles. The standard InChI is InChI=1S/C36H42N4O3/c1-6-26-13-12-14-27(7-2)34(26)40-33(23-25(4)5)31(35(41)38-20-10-9-11-21-38)24-30(36(40)42)32-19-22-39(37-32)28-15-17-29(18-16-28)43-8-3/h12-19,22-24H,6-11,20-21H2,1-5H3. The predicted octanol–water partition coefficient (Wildman–Crippen LogP) is 7.26. The van der Waals surface area contributed by atoms with Gasteiger partial charge in [0.25, 0.3) is 11.5 Å². The second-order valence-electron chi connectivity index (χ2n) is 11.3. The predicted molar refractivity (Wildman–Crippen MR) is 174 cm³/mol. The van der Waals surface area contributed by atoms with E-state index in [2.05, 4.69) is 32.0 Å². The number of pyridine rings is 1. The number of allylic oxidation sites excluding steroid dienone is 1. The molecule has 2 aromatic heterocycles. The Morgan fingerprint density at radius 3 is 2.21 bits per heavy atom. The number of ether oxygens (including phenoxy) is 1. The molecule has 1 fully saturated rings. The first-order valence-electron chi connectivity index (χ1n) is 15.5. The summed E-state index contributed by atoms with van der Waals surface area (Å²) < 4.78 is 9.13. The van der Waals surface area contributed by atoms with Gasteiger partial charge in [0.1, 0.15) is 5.75 Å². The molecule has 0 unspecified atom stereocenters. The SMILES string of the molecule is CCOc1ccc(-n2ccc(-c3cc(C(=O)N4CCCCC4)c(C=C(C)C)n(-c4c(CC)cccc4CC)c3=O)n2)cc1. The van der Waals surface area contributed by atoms with Gasteiger partial charge >= 0.3 is 0 Å². The summed E-state index contributed by atoms with van der Waals surface area (Å²) in [5.74, 6) is 0.749. The smallest absolute Gasteiger partial charge is 0.265 e. The third-order valence-corrected chi connectivity index (χ3v) is 8.00. The van der Waals surface area contributed by atoms with E-state index in [4.69, 9.17) is 9.84 Å². The Morgan fingerprint density at radius 2 is 1.60 bits per heavy atom. The van der Waals surface area contributed by atoms with E-state index in [0.29, 0.717) is 29.1 Å². The van der Waals surface area contributed by atoms with Crippen LogP contribution < -0.4 is 10.3 Å². The zero-order chi connectivity index (χ0) is 30.5. The van der Waals surface area contributed by atoms with Crippen LogP contribution in [0.2, 0.25) is 0 Å². The Labute approximate surface area is 254 Å². The summed E-state index contributed by atoms with van der Waals surface area (Å²) in [7, 11) is 0. The number of para-hydroxylation sites is 1. The van der Waals surface area contributed by atoms with E-state index in [9.17, 15) is 9.59 Å². The summed E-state index contributed by atoms with van der Waals surface area (Å²) in [6.07, 6.45) is 8.45. The molecule has 5 rings (SSSR count). The Balaban J connectivity index is 1.77. The highest BCUT2D eigenvalue weighted by Crippen LogP contribution is 2.29. The lowest BCUT2D eigenvalue weighted by Gasteiger charge is -2.28. The highest BCUT2D eigenvalue weighted by molar-refractivity contribution is 5.99. The van der Waals surface area contributed by atoms with Gasteiger partial charge in [-0.3, -0.25) is 14.2 Å². The minimum absolute atomic E-state index is 0.0415. The van der Waals surface area contributed by atoms with Crippen LogP contribution in [0.15, 0.2) is 71.2 Å². The van der Waals surface area contributed by atoms with Crippen LogP contribution in [0.25, 0.3) is 28.7 Å². The lowest BCUT2D eigenvalue weighted by atomic mass is 9.99. The minimum atomic E-state index is -0.185. The third kappa shape index (κ3) is 6.21. The average Bonchev–Trinajstić information content (AvgIpc) is 3.51. The van der Waals surface area contributed by atoms with Crippen LogP contribution in [-0.2, 0) is 12.8 Å². The number of carbonyl (C=O) groups is 1. The number of hydrogen-bond acceptors (Lipinski definition) is 4. The van der Waals surface area contributed by atoms with E-state index in [1.807, 2.05) is 68.3 Å². The maximum absolute atomic E-state index is 14.7. The van der Waals surface area contributed by atoms with Crippen LogP contribution >= 0.6 is 0 Å². The number of aromatic nitrogens is 3. The second kappa shape index (κ2) is 13.3. The van der Waals surface area contributed by atoms with Crippen molar-refractivity contribution in [2.75, 3.05) is 19.7 Å².